The molecule has 0 aliphatic rings. The fourth-order valence-electron chi connectivity index (χ4n) is 2.37. The van der Waals surface area contributed by atoms with Crippen LogP contribution < -0.4 is 4.74 Å². The van der Waals surface area contributed by atoms with Crippen LogP contribution in [0.4, 0.5) is 0 Å². The molecule has 3 heteroatoms. The van der Waals surface area contributed by atoms with Gasteiger partial charge in [0.1, 0.15) is 5.75 Å². The molecule has 2 aromatic carbocycles. The lowest BCUT2D eigenvalue weighted by Gasteiger charge is -2.14. The number of rotatable bonds is 7. The summed E-state index contributed by atoms with van der Waals surface area (Å²) in [6.07, 6.45) is 1.05. The fourth-order valence-corrected chi connectivity index (χ4v) is 2.73. The molecular weight excluding hydrogens is 385 g/mol. The van der Waals surface area contributed by atoms with Crippen LogP contribution in [0.3, 0.4) is 0 Å². The van der Waals surface area contributed by atoms with Gasteiger partial charge in [-0.3, -0.25) is 0 Å². The van der Waals surface area contributed by atoms with Gasteiger partial charge in [0.2, 0.25) is 0 Å². The second kappa shape index (κ2) is 8.53. The van der Waals surface area contributed by atoms with E-state index in [4.69, 9.17) is 4.74 Å². The van der Waals surface area contributed by atoms with Crippen LogP contribution in [0.1, 0.15) is 30.4 Å². The van der Waals surface area contributed by atoms with Crippen molar-refractivity contribution in [2.24, 2.45) is 0 Å². The second-order valence-electron chi connectivity index (χ2n) is 5.85. The highest BCUT2D eigenvalue weighted by Crippen LogP contribution is 2.26. The van der Waals surface area contributed by atoms with E-state index in [-0.39, 0.29) is 0 Å². The van der Waals surface area contributed by atoms with E-state index in [2.05, 4.69) is 97.0 Å². The summed E-state index contributed by atoms with van der Waals surface area (Å²) in [7, 11) is 4.17. The van der Waals surface area contributed by atoms with E-state index >= 15 is 0 Å². The molecule has 2 nitrogen and oxygen atoms in total. The predicted molar refractivity (Wildman–Crippen MR) is 102 cm³/mol. The van der Waals surface area contributed by atoms with Crippen molar-refractivity contribution in [3.8, 4) is 5.75 Å². The Morgan fingerprint density at radius 1 is 0.955 bits per heavy atom. The number of halogens is 1. The highest BCUT2D eigenvalue weighted by molar-refractivity contribution is 14.1. The van der Waals surface area contributed by atoms with Gasteiger partial charge in [-0.2, -0.15) is 0 Å². The van der Waals surface area contributed by atoms with Gasteiger partial charge in [-0.25, -0.2) is 0 Å². The van der Waals surface area contributed by atoms with Crippen LogP contribution in [0.2, 0.25) is 0 Å². The first-order valence-corrected chi connectivity index (χ1v) is 8.77. The number of nitrogens with zero attached hydrogens (tertiary/aromatic N) is 1. The predicted octanol–water partition coefficient (Wildman–Crippen LogP) is 4.77. The third kappa shape index (κ3) is 5.29. The summed E-state index contributed by atoms with van der Waals surface area (Å²) in [6.45, 7) is 4.07. The molecule has 0 heterocycles. The van der Waals surface area contributed by atoms with E-state index in [1.54, 1.807) is 0 Å². The molecule has 1 unspecified atom stereocenters. The summed E-state index contributed by atoms with van der Waals surface area (Å²) in [6, 6.07) is 17.2. The third-order valence-electron chi connectivity index (χ3n) is 3.77. The Morgan fingerprint density at radius 3 is 2.05 bits per heavy atom. The monoisotopic (exact) mass is 409 g/mol. The maximum absolute atomic E-state index is 5.78. The fraction of sp³-hybridized carbons (Fsp3) is 0.368. The van der Waals surface area contributed by atoms with Crippen molar-refractivity contribution < 1.29 is 4.74 Å². The Bertz CT molecular complexity index is 563. The topological polar surface area (TPSA) is 12.5 Å². The van der Waals surface area contributed by atoms with E-state index in [0.717, 1.165) is 25.3 Å². The van der Waals surface area contributed by atoms with E-state index in [0.29, 0.717) is 5.92 Å². The third-order valence-corrected chi connectivity index (χ3v) is 4.49. The van der Waals surface area contributed by atoms with Gasteiger partial charge < -0.3 is 9.64 Å². The summed E-state index contributed by atoms with van der Waals surface area (Å²) in [5.41, 5.74) is 2.67. The smallest absolute Gasteiger partial charge is 0.119 e. The minimum Gasteiger partial charge on any atom is -0.494 e. The Labute approximate surface area is 147 Å². The summed E-state index contributed by atoms with van der Waals surface area (Å²) < 4.78 is 7.06. The van der Waals surface area contributed by atoms with Gasteiger partial charge in [0.25, 0.3) is 0 Å². The summed E-state index contributed by atoms with van der Waals surface area (Å²) in [4.78, 5) is 2.18. The van der Waals surface area contributed by atoms with Gasteiger partial charge in [0.15, 0.2) is 0 Å². The molecule has 118 valence electrons. The average Bonchev–Trinajstić information content (AvgIpc) is 2.52. The van der Waals surface area contributed by atoms with Gasteiger partial charge in [0, 0.05) is 16.0 Å². The zero-order valence-electron chi connectivity index (χ0n) is 13.6. The maximum atomic E-state index is 5.78. The van der Waals surface area contributed by atoms with Gasteiger partial charge in [-0.15, -0.1) is 0 Å². The van der Waals surface area contributed by atoms with Gasteiger partial charge >= 0.3 is 0 Å². The van der Waals surface area contributed by atoms with Crippen molar-refractivity contribution in [2.75, 3.05) is 27.2 Å². The molecule has 2 rings (SSSR count). The van der Waals surface area contributed by atoms with E-state index in [9.17, 15) is 0 Å². The first kappa shape index (κ1) is 17.3. The summed E-state index contributed by atoms with van der Waals surface area (Å²) >= 11 is 2.34. The first-order valence-electron chi connectivity index (χ1n) is 7.69. The minimum absolute atomic E-state index is 0.403. The van der Waals surface area contributed by atoms with E-state index in [1.807, 2.05) is 0 Å². The van der Waals surface area contributed by atoms with Crippen molar-refractivity contribution in [3.05, 3.63) is 63.2 Å². The van der Waals surface area contributed by atoms with E-state index < -0.39 is 0 Å². The molecule has 0 saturated heterocycles. The van der Waals surface area contributed by atoms with E-state index in [1.165, 1.54) is 14.7 Å². The molecule has 0 saturated carbocycles. The molecule has 0 spiro atoms. The zero-order chi connectivity index (χ0) is 15.9. The molecule has 0 radical (unpaired) electrons. The molecule has 22 heavy (non-hydrogen) atoms. The van der Waals surface area contributed by atoms with Crippen LogP contribution in [0.25, 0.3) is 0 Å². The molecule has 0 N–H and O–H groups in total. The normalized spacial score (nSPS) is 12.4. The first-order chi connectivity index (χ1) is 10.6. The lowest BCUT2D eigenvalue weighted by Crippen LogP contribution is -2.15. The maximum Gasteiger partial charge on any atom is 0.119 e. The largest absolute Gasteiger partial charge is 0.494 e. The molecule has 2 aromatic rings. The molecule has 0 amide bonds. The van der Waals surface area contributed by atoms with Crippen LogP contribution in [0, 0.1) is 3.57 Å². The Hall–Kier alpha value is -1.07. The number of hydrogen-bond acceptors (Lipinski definition) is 2. The quantitative estimate of drug-likeness (QED) is 0.483. The summed E-state index contributed by atoms with van der Waals surface area (Å²) in [5.74, 6) is 1.36. The second-order valence-corrected chi connectivity index (χ2v) is 7.09. The van der Waals surface area contributed by atoms with Crippen LogP contribution in [-0.4, -0.2) is 32.1 Å². The highest BCUT2D eigenvalue weighted by atomic mass is 127. The van der Waals surface area contributed by atoms with Crippen LogP contribution >= 0.6 is 22.6 Å². The standard InChI is InChI=1S/C19H24INO/c1-15(16-5-9-18(20)10-6-16)17-7-11-19(12-8-17)22-14-4-13-21(2)3/h5-12,15H,4,13-14H2,1-3H3. The van der Waals surface area contributed by atoms with Crippen LogP contribution in [0.15, 0.2) is 48.5 Å². The SMILES string of the molecule is CC(c1ccc(I)cc1)c1ccc(OCCCN(C)C)cc1. The van der Waals surface area contributed by atoms with Gasteiger partial charge in [-0.05, 0) is 78.5 Å². The van der Waals surface area contributed by atoms with Crippen molar-refractivity contribution in [2.45, 2.75) is 19.3 Å². The minimum atomic E-state index is 0.403. The lowest BCUT2D eigenvalue weighted by atomic mass is 9.93. The van der Waals surface area contributed by atoms with Crippen molar-refractivity contribution in [1.82, 2.24) is 4.90 Å². The molecular formula is C19H24INO. The van der Waals surface area contributed by atoms with Crippen molar-refractivity contribution >= 4 is 22.6 Å². The van der Waals surface area contributed by atoms with Crippen LogP contribution in [-0.2, 0) is 0 Å². The Morgan fingerprint density at radius 2 is 1.50 bits per heavy atom. The molecule has 0 aromatic heterocycles. The molecule has 0 bridgehead atoms. The van der Waals surface area contributed by atoms with Crippen molar-refractivity contribution in [3.63, 3.8) is 0 Å². The van der Waals surface area contributed by atoms with Crippen LogP contribution in [0.5, 0.6) is 5.75 Å². The van der Waals surface area contributed by atoms with Gasteiger partial charge in [-0.1, -0.05) is 31.2 Å². The Kier molecular flexibility index (Phi) is 6.70. The molecule has 0 aliphatic heterocycles. The summed E-state index contributed by atoms with van der Waals surface area (Å²) in [5, 5.41) is 0. The lowest BCUT2D eigenvalue weighted by molar-refractivity contribution is 0.281. The number of hydrogen-bond donors (Lipinski definition) is 0. The molecule has 1 atom stereocenters. The highest BCUT2D eigenvalue weighted by Gasteiger charge is 2.08. The van der Waals surface area contributed by atoms with Crippen molar-refractivity contribution in [1.29, 1.82) is 0 Å². The van der Waals surface area contributed by atoms with Gasteiger partial charge in [0.05, 0.1) is 6.61 Å². The average molecular weight is 409 g/mol. The zero-order valence-corrected chi connectivity index (χ0v) is 15.7. The number of ether oxygens (including phenoxy) is 1. The number of benzene rings is 2. The Balaban J connectivity index is 1.92. The molecule has 0 aliphatic carbocycles. The molecule has 0 fully saturated rings.